The molecule has 19 heavy (non-hydrogen) atoms. The maximum absolute atomic E-state index is 12.0. The molecule has 1 atom stereocenters. The van der Waals surface area contributed by atoms with Crippen LogP contribution in [0.2, 0.25) is 5.02 Å². The Morgan fingerprint density at radius 3 is 2.00 bits per heavy atom. The summed E-state index contributed by atoms with van der Waals surface area (Å²) in [5.74, 6) is 0.764. The summed E-state index contributed by atoms with van der Waals surface area (Å²) in [5.41, 5.74) is 0. The first-order valence-electron chi connectivity index (χ1n) is 7.17. The number of hydrogen-bond acceptors (Lipinski definition) is 1. The molecule has 1 radical (unpaired) electrons. The van der Waals surface area contributed by atoms with E-state index in [1.807, 2.05) is 12.1 Å². The van der Waals surface area contributed by atoms with Gasteiger partial charge in [0, 0.05) is 5.02 Å². The van der Waals surface area contributed by atoms with Crippen molar-refractivity contribution >= 4 is 22.8 Å². The standard InChI is InChI=1S/C16H24ClOS/c1-2-3-4-5-6-7-8-9-14-19(18)16-12-10-15(17)11-13-16/h10-13H,1-9,14H2. The summed E-state index contributed by atoms with van der Waals surface area (Å²) in [4.78, 5) is 0.889. The Kier molecular flexibility index (Phi) is 9.40. The summed E-state index contributed by atoms with van der Waals surface area (Å²) in [6.45, 7) is 3.84. The van der Waals surface area contributed by atoms with E-state index in [-0.39, 0.29) is 0 Å². The van der Waals surface area contributed by atoms with E-state index in [9.17, 15) is 4.55 Å². The zero-order valence-corrected chi connectivity index (χ0v) is 13.1. The van der Waals surface area contributed by atoms with Crippen LogP contribution in [-0.4, -0.2) is 10.3 Å². The number of rotatable bonds is 10. The summed E-state index contributed by atoms with van der Waals surface area (Å²) in [6, 6.07) is 7.32. The Balaban J connectivity index is 2.04. The van der Waals surface area contributed by atoms with Crippen molar-refractivity contribution in [3.63, 3.8) is 0 Å². The van der Waals surface area contributed by atoms with Crippen molar-refractivity contribution in [2.75, 3.05) is 5.75 Å². The largest absolute Gasteiger partial charge is 0.611 e. The van der Waals surface area contributed by atoms with Gasteiger partial charge in [0.25, 0.3) is 0 Å². The Morgan fingerprint density at radius 1 is 0.895 bits per heavy atom. The molecule has 1 aromatic carbocycles. The highest BCUT2D eigenvalue weighted by atomic mass is 35.5. The maximum atomic E-state index is 12.0. The number of unbranched alkanes of at least 4 members (excludes halogenated alkanes) is 7. The third kappa shape index (κ3) is 7.86. The van der Waals surface area contributed by atoms with Crippen LogP contribution in [0.3, 0.4) is 0 Å². The molecule has 0 saturated heterocycles. The summed E-state index contributed by atoms with van der Waals surface area (Å²) >= 11 is 4.94. The molecule has 0 N–H and O–H groups in total. The molecule has 0 amide bonds. The van der Waals surface area contributed by atoms with Gasteiger partial charge in [-0.2, -0.15) is 0 Å². The smallest absolute Gasteiger partial charge is 0.152 e. The third-order valence-corrected chi connectivity index (χ3v) is 4.87. The molecule has 1 aromatic rings. The summed E-state index contributed by atoms with van der Waals surface area (Å²) in [5, 5.41) is 0.697. The molecule has 0 fully saturated rings. The van der Waals surface area contributed by atoms with Gasteiger partial charge in [-0.3, -0.25) is 0 Å². The molecule has 0 aliphatic carbocycles. The minimum atomic E-state index is -0.869. The Labute approximate surface area is 125 Å². The van der Waals surface area contributed by atoms with E-state index < -0.39 is 11.2 Å². The molecular formula is C16H24ClOS. The second-order valence-electron chi connectivity index (χ2n) is 4.83. The molecule has 0 saturated carbocycles. The minimum absolute atomic E-state index is 0.697. The van der Waals surface area contributed by atoms with Crippen molar-refractivity contribution in [3.05, 3.63) is 36.2 Å². The molecule has 0 aromatic heterocycles. The Hall–Kier alpha value is -0.180. The molecule has 1 unspecified atom stereocenters. The van der Waals surface area contributed by atoms with Crippen molar-refractivity contribution in [2.24, 2.45) is 0 Å². The van der Waals surface area contributed by atoms with E-state index in [2.05, 4.69) is 6.92 Å². The van der Waals surface area contributed by atoms with Crippen LogP contribution in [0.5, 0.6) is 0 Å². The van der Waals surface area contributed by atoms with Crippen LogP contribution in [0, 0.1) is 6.92 Å². The molecule has 0 bridgehead atoms. The Bertz CT molecular complexity index is 326. The summed E-state index contributed by atoms with van der Waals surface area (Å²) in [7, 11) is 0. The monoisotopic (exact) mass is 299 g/mol. The molecule has 0 aliphatic rings. The zero-order valence-electron chi connectivity index (χ0n) is 11.6. The molecule has 1 nitrogen and oxygen atoms in total. The lowest BCUT2D eigenvalue weighted by molar-refractivity contribution is 0.575. The first-order chi connectivity index (χ1) is 9.24. The lowest BCUT2D eigenvalue weighted by Crippen LogP contribution is -2.06. The van der Waals surface area contributed by atoms with Crippen molar-refractivity contribution in [1.82, 2.24) is 0 Å². The predicted octanol–water partition coefficient (Wildman–Crippen LogP) is 5.40. The number of benzene rings is 1. The van der Waals surface area contributed by atoms with Gasteiger partial charge < -0.3 is 4.55 Å². The molecule has 3 heteroatoms. The van der Waals surface area contributed by atoms with Gasteiger partial charge in [0.15, 0.2) is 4.90 Å². The summed E-state index contributed by atoms with van der Waals surface area (Å²) < 4.78 is 12.0. The second-order valence-corrected chi connectivity index (χ2v) is 6.84. The molecule has 107 valence electrons. The predicted molar refractivity (Wildman–Crippen MR) is 85.0 cm³/mol. The first kappa shape index (κ1) is 16.9. The van der Waals surface area contributed by atoms with Crippen LogP contribution in [0.15, 0.2) is 29.2 Å². The van der Waals surface area contributed by atoms with E-state index >= 15 is 0 Å². The summed E-state index contributed by atoms with van der Waals surface area (Å²) in [6.07, 6.45) is 9.72. The van der Waals surface area contributed by atoms with E-state index in [4.69, 9.17) is 11.6 Å². The SMILES string of the molecule is [CH2]CCCCCCCCC[S+]([O-])c1ccc(Cl)cc1. The van der Waals surface area contributed by atoms with Crippen LogP contribution in [-0.2, 0) is 11.2 Å². The fraction of sp³-hybridized carbons (Fsp3) is 0.562. The minimum Gasteiger partial charge on any atom is -0.611 e. The van der Waals surface area contributed by atoms with Crippen molar-refractivity contribution < 1.29 is 4.55 Å². The van der Waals surface area contributed by atoms with Gasteiger partial charge in [-0.1, -0.05) is 57.0 Å². The fourth-order valence-corrected chi connectivity index (χ4v) is 3.27. The lowest BCUT2D eigenvalue weighted by Gasteiger charge is -2.10. The van der Waals surface area contributed by atoms with Crippen LogP contribution < -0.4 is 0 Å². The average molecular weight is 300 g/mol. The van der Waals surface area contributed by atoms with Crippen LogP contribution in [0.1, 0.15) is 51.4 Å². The average Bonchev–Trinajstić information content (AvgIpc) is 2.42. The van der Waals surface area contributed by atoms with Gasteiger partial charge >= 0.3 is 0 Å². The first-order valence-corrected chi connectivity index (χ1v) is 8.87. The van der Waals surface area contributed by atoms with E-state index in [0.717, 1.165) is 23.5 Å². The van der Waals surface area contributed by atoms with Crippen LogP contribution >= 0.6 is 11.6 Å². The van der Waals surface area contributed by atoms with Gasteiger partial charge in [0.05, 0.1) is 0 Å². The molecule has 0 spiro atoms. The van der Waals surface area contributed by atoms with Gasteiger partial charge in [0.2, 0.25) is 0 Å². The normalized spacial score (nSPS) is 12.6. The van der Waals surface area contributed by atoms with E-state index in [0.29, 0.717) is 5.02 Å². The quantitative estimate of drug-likeness (QED) is 0.419. The fourth-order valence-electron chi connectivity index (χ4n) is 2.00. The zero-order chi connectivity index (χ0) is 13.9. The van der Waals surface area contributed by atoms with Crippen molar-refractivity contribution in [1.29, 1.82) is 0 Å². The Morgan fingerprint density at radius 2 is 1.42 bits per heavy atom. The van der Waals surface area contributed by atoms with Crippen molar-refractivity contribution in [2.45, 2.75) is 56.3 Å². The van der Waals surface area contributed by atoms with Gasteiger partial charge in [-0.15, -0.1) is 0 Å². The molecule has 0 heterocycles. The number of halogens is 1. The van der Waals surface area contributed by atoms with E-state index in [1.54, 1.807) is 12.1 Å². The second kappa shape index (κ2) is 10.6. The van der Waals surface area contributed by atoms with Gasteiger partial charge in [-0.05, 0) is 48.3 Å². The topological polar surface area (TPSA) is 23.1 Å². The van der Waals surface area contributed by atoms with Crippen molar-refractivity contribution in [3.8, 4) is 0 Å². The maximum Gasteiger partial charge on any atom is 0.152 e. The van der Waals surface area contributed by atoms with E-state index in [1.165, 1.54) is 38.5 Å². The van der Waals surface area contributed by atoms with Crippen LogP contribution in [0.4, 0.5) is 0 Å². The van der Waals surface area contributed by atoms with Crippen LogP contribution in [0.25, 0.3) is 0 Å². The highest BCUT2D eigenvalue weighted by molar-refractivity contribution is 7.91. The highest BCUT2D eigenvalue weighted by Crippen LogP contribution is 2.17. The number of hydrogen-bond donors (Lipinski definition) is 0. The van der Waals surface area contributed by atoms with Gasteiger partial charge in [-0.25, -0.2) is 0 Å². The molecular weight excluding hydrogens is 276 g/mol. The third-order valence-electron chi connectivity index (χ3n) is 3.16. The highest BCUT2D eigenvalue weighted by Gasteiger charge is 2.09. The van der Waals surface area contributed by atoms with Gasteiger partial charge in [0.1, 0.15) is 5.75 Å². The lowest BCUT2D eigenvalue weighted by atomic mass is 10.1. The molecule has 0 aliphatic heterocycles. The molecule has 1 rings (SSSR count).